The van der Waals surface area contributed by atoms with Gasteiger partial charge in [-0.2, -0.15) is 13.2 Å². The lowest BCUT2D eigenvalue weighted by molar-refractivity contribution is -0.191. The molecule has 4 rings (SSSR count). The summed E-state index contributed by atoms with van der Waals surface area (Å²) in [4.78, 5) is 17.9. The minimum Gasteiger partial charge on any atom is -0.400 e. The number of carbonyl (C=O) groups excluding carboxylic acids is 1. The zero-order valence-corrected chi connectivity index (χ0v) is 22.2. The maximum atomic E-state index is 13.9. The molecule has 0 bridgehead atoms. The fourth-order valence-corrected chi connectivity index (χ4v) is 4.73. The average Bonchev–Trinajstić information content (AvgIpc) is 2.80. The van der Waals surface area contributed by atoms with Gasteiger partial charge in [0.1, 0.15) is 0 Å². The van der Waals surface area contributed by atoms with Gasteiger partial charge in [-0.1, -0.05) is 31.1 Å². The number of allylic oxidation sites excluding steroid dienone is 3. The van der Waals surface area contributed by atoms with Crippen molar-refractivity contribution in [3.05, 3.63) is 77.3 Å². The highest BCUT2D eigenvalue weighted by Crippen LogP contribution is 2.49. The number of pyridine rings is 1. The van der Waals surface area contributed by atoms with E-state index in [9.17, 15) is 26.7 Å². The Morgan fingerprint density at radius 3 is 2.26 bits per heavy atom. The molecule has 212 valence electrons. The van der Waals surface area contributed by atoms with Gasteiger partial charge in [0.2, 0.25) is 11.4 Å². The van der Waals surface area contributed by atoms with Gasteiger partial charge in [-0.3, -0.25) is 9.78 Å². The zero-order chi connectivity index (χ0) is 29.0. The van der Waals surface area contributed by atoms with Gasteiger partial charge in [0, 0.05) is 37.3 Å². The van der Waals surface area contributed by atoms with Gasteiger partial charge in [-0.05, 0) is 56.0 Å². The average molecular weight is 552 g/mol. The minimum absolute atomic E-state index is 0.371. The molecule has 5 N–H and O–H groups in total. The van der Waals surface area contributed by atoms with Gasteiger partial charge in [-0.25, -0.2) is 8.78 Å². The molecule has 1 aliphatic carbocycles. The quantitative estimate of drug-likeness (QED) is 0.316. The summed E-state index contributed by atoms with van der Waals surface area (Å²) in [5.41, 5.74) is 10.1. The number of anilines is 2. The van der Waals surface area contributed by atoms with Crippen LogP contribution in [0.2, 0.25) is 0 Å². The summed E-state index contributed by atoms with van der Waals surface area (Å²) in [6.07, 6.45) is 5.71. The first-order valence-electron chi connectivity index (χ1n) is 12.6. The van der Waals surface area contributed by atoms with E-state index < -0.39 is 40.5 Å². The fraction of sp³-hybridized carbons (Fsp3) is 0.429. The van der Waals surface area contributed by atoms with Crippen LogP contribution < -0.4 is 21.7 Å². The molecule has 1 saturated carbocycles. The van der Waals surface area contributed by atoms with Crippen LogP contribution in [0.1, 0.15) is 52.0 Å². The number of carbonyl (C=O) groups is 1. The zero-order valence-electron chi connectivity index (χ0n) is 22.2. The first kappa shape index (κ1) is 29.9. The number of nitrogens with two attached hydrogens (primary N) is 2. The van der Waals surface area contributed by atoms with Crippen LogP contribution >= 0.6 is 0 Å². The summed E-state index contributed by atoms with van der Waals surface area (Å²) in [5, 5.41) is 1.76. The number of hydrogen-bond acceptors (Lipinski definition) is 5. The monoisotopic (exact) mass is 551 g/mol. The van der Waals surface area contributed by atoms with Crippen molar-refractivity contribution in [1.82, 2.24) is 10.3 Å². The number of nitrogens with zero attached hydrogens (tertiary/aromatic N) is 2. The van der Waals surface area contributed by atoms with Crippen LogP contribution in [0.5, 0.6) is 0 Å². The summed E-state index contributed by atoms with van der Waals surface area (Å²) in [6.45, 7) is 6.78. The molecule has 0 radical (unpaired) electrons. The van der Waals surface area contributed by atoms with E-state index in [1.807, 2.05) is 12.3 Å². The summed E-state index contributed by atoms with van der Waals surface area (Å²) in [7, 11) is 0. The lowest BCUT2D eigenvalue weighted by Crippen LogP contribution is -2.59. The van der Waals surface area contributed by atoms with E-state index in [1.54, 1.807) is 25.4 Å². The van der Waals surface area contributed by atoms with E-state index in [2.05, 4.69) is 9.88 Å². The number of nitrogen functional groups attached to an aromatic ring is 1. The summed E-state index contributed by atoms with van der Waals surface area (Å²) < 4.78 is 68.5. The number of amides is 1. The number of benzene rings is 1. The molecular formula is C28H34F5N5O. The molecule has 1 aliphatic heterocycles. The van der Waals surface area contributed by atoms with E-state index in [0.717, 1.165) is 30.3 Å². The first-order valence-corrected chi connectivity index (χ1v) is 12.6. The normalized spacial score (nSPS) is 18.3. The van der Waals surface area contributed by atoms with Crippen molar-refractivity contribution in [3.63, 3.8) is 0 Å². The number of rotatable bonds is 6. The van der Waals surface area contributed by atoms with Crippen molar-refractivity contribution >= 4 is 17.3 Å². The molecule has 2 fully saturated rings. The Hall–Kier alpha value is -3.63. The molecule has 1 spiro atoms. The third-order valence-corrected chi connectivity index (χ3v) is 7.26. The van der Waals surface area contributed by atoms with Crippen LogP contribution in [-0.4, -0.2) is 30.2 Å². The number of aromatic nitrogens is 1. The van der Waals surface area contributed by atoms with E-state index in [1.165, 1.54) is 44.1 Å². The van der Waals surface area contributed by atoms with Gasteiger partial charge in [0.05, 0.1) is 17.6 Å². The molecule has 1 aromatic heterocycles. The standard InChI is InChI=1S/C17H19F5N2O.C11H15N3/c1-4-10(2)5-8-15(23)16(17(20,21)22,24-11(3)25)12-6-7-13(18)14(19)9-12;12-9-4-10(6-13-5-9)14-7-11(8-14)2-1-3-11/h5-9H,4,23H2,1-3H3,(H,24,25);4-6H,1-3,7-8,12H2/b10-5+,15-8-;. The van der Waals surface area contributed by atoms with E-state index in [4.69, 9.17) is 11.5 Å². The molecule has 11 heteroatoms. The predicted molar refractivity (Wildman–Crippen MR) is 141 cm³/mol. The van der Waals surface area contributed by atoms with E-state index in [-0.39, 0.29) is 0 Å². The SMILES string of the molecule is CC/C(C)=C/C=C(\N)C(NC(C)=O)(c1ccc(F)c(F)c1)C(F)(F)F.Nc1cncc(N2CC3(CCC3)C2)c1. The highest BCUT2D eigenvalue weighted by Gasteiger charge is 2.59. The highest BCUT2D eigenvalue weighted by molar-refractivity contribution is 5.75. The molecule has 39 heavy (non-hydrogen) atoms. The largest absolute Gasteiger partial charge is 0.421 e. The van der Waals surface area contributed by atoms with Gasteiger partial charge >= 0.3 is 6.18 Å². The summed E-state index contributed by atoms with van der Waals surface area (Å²) in [5.74, 6) is -3.83. The van der Waals surface area contributed by atoms with Crippen LogP contribution in [0.25, 0.3) is 0 Å². The van der Waals surface area contributed by atoms with Crippen molar-refractivity contribution in [1.29, 1.82) is 0 Å². The topological polar surface area (TPSA) is 97.3 Å². The van der Waals surface area contributed by atoms with Crippen LogP contribution in [0.15, 0.2) is 60.1 Å². The van der Waals surface area contributed by atoms with Crippen molar-refractivity contribution in [3.8, 4) is 0 Å². The number of nitrogens with one attached hydrogen (secondary N) is 1. The molecule has 1 aromatic carbocycles. The molecular weight excluding hydrogens is 517 g/mol. The van der Waals surface area contributed by atoms with Gasteiger partial charge in [-0.15, -0.1) is 0 Å². The summed E-state index contributed by atoms with van der Waals surface area (Å²) in [6, 6.07) is 3.67. The molecule has 1 saturated heterocycles. The second-order valence-electron chi connectivity index (χ2n) is 10.2. The van der Waals surface area contributed by atoms with Crippen LogP contribution in [0.4, 0.5) is 33.3 Å². The molecule has 1 atom stereocenters. The Balaban J connectivity index is 0.000000249. The Morgan fingerprint density at radius 1 is 1.10 bits per heavy atom. The third kappa shape index (κ3) is 6.51. The van der Waals surface area contributed by atoms with Gasteiger partial charge in [0.15, 0.2) is 11.6 Å². The van der Waals surface area contributed by atoms with Crippen molar-refractivity contribution in [2.24, 2.45) is 11.1 Å². The number of halogens is 5. The van der Waals surface area contributed by atoms with Crippen LogP contribution in [0.3, 0.4) is 0 Å². The summed E-state index contributed by atoms with van der Waals surface area (Å²) >= 11 is 0. The van der Waals surface area contributed by atoms with E-state index in [0.29, 0.717) is 24.0 Å². The first-order chi connectivity index (χ1) is 18.2. The second-order valence-corrected chi connectivity index (χ2v) is 10.2. The van der Waals surface area contributed by atoms with Crippen molar-refractivity contribution in [2.45, 2.75) is 58.2 Å². The molecule has 6 nitrogen and oxygen atoms in total. The highest BCUT2D eigenvalue weighted by atomic mass is 19.4. The minimum atomic E-state index is -5.10. The Labute approximate surface area is 225 Å². The predicted octanol–water partition coefficient (Wildman–Crippen LogP) is 5.71. The maximum absolute atomic E-state index is 13.9. The van der Waals surface area contributed by atoms with Gasteiger partial charge in [0.25, 0.3) is 0 Å². The molecule has 2 aliphatic rings. The number of hydrogen-bond donors (Lipinski definition) is 3. The fourth-order valence-electron chi connectivity index (χ4n) is 4.73. The Morgan fingerprint density at radius 2 is 1.77 bits per heavy atom. The number of alkyl halides is 3. The molecule has 1 amide bonds. The maximum Gasteiger partial charge on any atom is 0.421 e. The molecule has 2 heterocycles. The van der Waals surface area contributed by atoms with E-state index >= 15 is 0 Å². The molecule has 1 unspecified atom stereocenters. The van der Waals surface area contributed by atoms with Crippen molar-refractivity contribution < 1.29 is 26.7 Å². The lowest BCUT2D eigenvalue weighted by atomic mass is 9.63. The molecule has 2 aromatic rings. The van der Waals surface area contributed by atoms with Crippen molar-refractivity contribution in [2.75, 3.05) is 23.7 Å². The lowest BCUT2D eigenvalue weighted by Gasteiger charge is -2.56. The van der Waals surface area contributed by atoms with Crippen LogP contribution in [-0.2, 0) is 10.3 Å². The third-order valence-electron chi connectivity index (χ3n) is 7.26. The van der Waals surface area contributed by atoms with Crippen LogP contribution in [0, 0.1) is 17.0 Å². The Kier molecular flexibility index (Phi) is 8.92. The Bertz CT molecular complexity index is 1250. The second kappa shape index (κ2) is 11.6. The van der Waals surface area contributed by atoms with Gasteiger partial charge < -0.3 is 21.7 Å². The smallest absolute Gasteiger partial charge is 0.400 e.